The number of fused-ring (bicyclic) bond motifs is 1. The molecular formula is C17H21FN2O4. The molecule has 1 aromatic rings. The van der Waals surface area contributed by atoms with E-state index in [0.717, 1.165) is 18.9 Å². The lowest BCUT2D eigenvalue weighted by atomic mass is 9.90. The van der Waals surface area contributed by atoms with Gasteiger partial charge >= 0.3 is 5.97 Å². The van der Waals surface area contributed by atoms with Crippen molar-refractivity contribution >= 4 is 23.5 Å². The van der Waals surface area contributed by atoms with Gasteiger partial charge in [0.25, 0.3) is 5.91 Å². The molecule has 1 aliphatic heterocycles. The lowest BCUT2D eigenvalue weighted by molar-refractivity contribution is -0.151. The predicted molar refractivity (Wildman–Crippen MR) is 85.9 cm³/mol. The molecule has 0 aromatic heterocycles. The van der Waals surface area contributed by atoms with Gasteiger partial charge in [-0.3, -0.25) is 14.4 Å². The van der Waals surface area contributed by atoms with Gasteiger partial charge < -0.3 is 15.4 Å². The number of carbonyl (C=O) groups is 3. The molecule has 6 nitrogen and oxygen atoms in total. The van der Waals surface area contributed by atoms with Crippen LogP contribution in [0.5, 0.6) is 0 Å². The molecule has 7 heteroatoms. The third kappa shape index (κ3) is 4.53. The van der Waals surface area contributed by atoms with Gasteiger partial charge in [0.05, 0.1) is 5.92 Å². The summed E-state index contributed by atoms with van der Waals surface area (Å²) in [5.41, 5.74) is 0.745. The fourth-order valence-corrected chi connectivity index (χ4v) is 2.71. The molecule has 1 aliphatic rings. The van der Waals surface area contributed by atoms with Gasteiger partial charge in [-0.25, -0.2) is 4.39 Å². The second kappa shape index (κ2) is 7.90. The number of ether oxygens (including phenoxy) is 1. The normalized spacial score (nSPS) is 17.5. The Labute approximate surface area is 139 Å². The minimum atomic E-state index is -0.838. The van der Waals surface area contributed by atoms with E-state index in [4.69, 9.17) is 4.74 Å². The Hall–Kier alpha value is -2.44. The van der Waals surface area contributed by atoms with Gasteiger partial charge in [-0.2, -0.15) is 0 Å². The first-order valence-electron chi connectivity index (χ1n) is 7.96. The Morgan fingerprint density at radius 3 is 2.92 bits per heavy atom. The predicted octanol–water partition coefficient (Wildman–Crippen LogP) is 2.10. The smallest absolute Gasteiger partial charge is 0.314 e. The quantitative estimate of drug-likeness (QED) is 0.779. The average molecular weight is 336 g/mol. The Kier molecular flexibility index (Phi) is 5.89. The molecule has 2 N–H and O–H groups in total. The van der Waals surface area contributed by atoms with Crippen LogP contribution < -0.4 is 10.6 Å². The summed E-state index contributed by atoms with van der Waals surface area (Å²) < 4.78 is 18.3. The van der Waals surface area contributed by atoms with Crippen LogP contribution in [0.1, 0.15) is 44.6 Å². The molecule has 2 unspecified atom stereocenters. The van der Waals surface area contributed by atoms with Gasteiger partial charge in [-0.15, -0.1) is 0 Å². The maximum atomic E-state index is 13.3. The zero-order valence-electron chi connectivity index (χ0n) is 13.7. The van der Waals surface area contributed by atoms with Crippen molar-refractivity contribution in [3.8, 4) is 0 Å². The molecule has 2 amide bonds. The number of halogens is 1. The summed E-state index contributed by atoms with van der Waals surface area (Å²) in [6, 6.07) is 3.83. The fraction of sp³-hybridized carbons (Fsp3) is 0.471. The van der Waals surface area contributed by atoms with E-state index >= 15 is 0 Å². The molecule has 2 rings (SSSR count). The van der Waals surface area contributed by atoms with Crippen molar-refractivity contribution in [2.75, 3.05) is 11.9 Å². The average Bonchev–Trinajstić information content (AvgIpc) is 2.51. The molecule has 0 saturated carbocycles. The molecule has 24 heavy (non-hydrogen) atoms. The molecule has 0 spiro atoms. The second-order valence-electron chi connectivity index (χ2n) is 5.90. The van der Waals surface area contributed by atoms with Crippen LogP contribution in [0.2, 0.25) is 0 Å². The van der Waals surface area contributed by atoms with Crippen molar-refractivity contribution in [1.29, 1.82) is 0 Å². The van der Waals surface area contributed by atoms with Crippen LogP contribution >= 0.6 is 0 Å². The lowest BCUT2D eigenvalue weighted by Crippen LogP contribution is -2.37. The van der Waals surface area contributed by atoms with Crippen molar-refractivity contribution < 1.29 is 23.5 Å². The number of hydrogen-bond donors (Lipinski definition) is 2. The van der Waals surface area contributed by atoms with Crippen molar-refractivity contribution in [3.63, 3.8) is 0 Å². The van der Waals surface area contributed by atoms with Crippen LogP contribution in [0.15, 0.2) is 18.2 Å². The highest BCUT2D eigenvalue weighted by atomic mass is 19.1. The van der Waals surface area contributed by atoms with Crippen LogP contribution in [0.3, 0.4) is 0 Å². The first-order valence-corrected chi connectivity index (χ1v) is 7.96. The summed E-state index contributed by atoms with van der Waals surface area (Å²) in [5.74, 6) is -2.79. The molecule has 0 bridgehead atoms. The van der Waals surface area contributed by atoms with Crippen LogP contribution in [0.25, 0.3) is 0 Å². The lowest BCUT2D eigenvalue weighted by Gasteiger charge is -2.24. The van der Waals surface area contributed by atoms with Crippen molar-refractivity contribution in [3.05, 3.63) is 29.6 Å². The van der Waals surface area contributed by atoms with Crippen LogP contribution in [-0.2, 0) is 19.1 Å². The van der Waals surface area contributed by atoms with Crippen molar-refractivity contribution in [1.82, 2.24) is 5.32 Å². The number of anilines is 1. The summed E-state index contributed by atoms with van der Waals surface area (Å²) in [5, 5.41) is 5.25. The number of carbonyl (C=O) groups excluding carboxylic acids is 3. The summed E-state index contributed by atoms with van der Waals surface area (Å²) in [7, 11) is 0. The van der Waals surface area contributed by atoms with E-state index in [-0.39, 0.29) is 24.1 Å². The zero-order chi connectivity index (χ0) is 17.7. The third-order valence-corrected chi connectivity index (χ3v) is 3.81. The largest absolute Gasteiger partial charge is 0.455 e. The zero-order valence-corrected chi connectivity index (χ0v) is 13.7. The minimum Gasteiger partial charge on any atom is -0.455 e. The van der Waals surface area contributed by atoms with E-state index in [1.54, 1.807) is 0 Å². The summed E-state index contributed by atoms with van der Waals surface area (Å²) in [4.78, 5) is 35.7. The van der Waals surface area contributed by atoms with E-state index < -0.39 is 30.2 Å². The van der Waals surface area contributed by atoms with Gasteiger partial charge in [0.15, 0.2) is 6.61 Å². The highest BCUT2D eigenvalue weighted by molar-refractivity contribution is 6.00. The molecule has 0 fully saturated rings. The van der Waals surface area contributed by atoms with E-state index in [0.29, 0.717) is 5.56 Å². The van der Waals surface area contributed by atoms with Gasteiger partial charge in [0.1, 0.15) is 5.82 Å². The van der Waals surface area contributed by atoms with E-state index in [2.05, 4.69) is 10.6 Å². The molecule has 0 aliphatic carbocycles. The summed E-state index contributed by atoms with van der Waals surface area (Å²) in [6.45, 7) is 3.48. The minimum absolute atomic E-state index is 0.00496. The number of rotatable bonds is 6. The second-order valence-corrected chi connectivity index (χ2v) is 5.90. The highest BCUT2D eigenvalue weighted by Gasteiger charge is 2.32. The first kappa shape index (κ1) is 17.9. The van der Waals surface area contributed by atoms with E-state index in [1.807, 2.05) is 13.8 Å². The Balaban J connectivity index is 1.98. The Morgan fingerprint density at radius 1 is 1.46 bits per heavy atom. The van der Waals surface area contributed by atoms with Crippen LogP contribution in [-0.4, -0.2) is 30.4 Å². The Morgan fingerprint density at radius 2 is 2.21 bits per heavy atom. The van der Waals surface area contributed by atoms with Gasteiger partial charge in [-0.1, -0.05) is 19.4 Å². The topological polar surface area (TPSA) is 84.5 Å². The molecule has 0 saturated heterocycles. The van der Waals surface area contributed by atoms with E-state index in [9.17, 15) is 18.8 Å². The monoisotopic (exact) mass is 336 g/mol. The van der Waals surface area contributed by atoms with Crippen molar-refractivity contribution in [2.24, 2.45) is 0 Å². The Bertz CT molecular complexity index is 647. The number of benzene rings is 1. The fourth-order valence-electron chi connectivity index (χ4n) is 2.71. The number of amides is 2. The molecular weight excluding hydrogens is 315 g/mol. The molecule has 2 atom stereocenters. The summed E-state index contributed by atoms with van der Waals surface area (Å²) >= 11 is 0. The molecule has 0 radical (unpaired) electrons. The van der Waals surface area contributed by atoms with Crippen molar-refractivity contribution in [2.45, 2.75) is 45.1 Å². The van der Waals surface area contributed by atoms with Gasteiger partial charge in [-0.05, 0) is 31.0 Å². The maximum Gasteiger partial charge on any atom is 0.314 e. The highest BCUT2D eigenvalue weighted by Crippen LogP contribution is 2.33. The third-order valence-electron chi connectivity index (χ3n) is 3.81. The number of hydrogen-bond acceptors (Lipinski definition) is 4. The van der Waals surface area contributed by atoms with Gasteiger partial charge in [0, 0.05) is 18.2 Å². The maximum absolute atomic E-state index is 13.3. The van der Waals surface area contributed by atoms with Gasteiger partial charge in [0.2, 0.25) is 5.91 Å². The van der Waals surface area contributed by atoms with Crippen LogP contribution in [0, 0.1) is 5.82 Å². The van der Waals surface area contributed by atoms with Crippen LogP contribution in [0.4, 0.5) is 10.1 Å². The SMILES string of the molecule is CCCC(C)NC(=O)COC(=O)C1CC(=O)Nc2cc(F)ccc21. The summed E-state index contributed by atoms with van der Waals surface area (Å²) in [6.07, 6.45) is 1.68. The first-order chi connectivity index (χ1) is 11.4. The standard InChI is InChI=1S/C17H21FN2O4/c1-3-4-10(2)19-16(22)9-24-17(23)13-8-15(21)20-14-7-11(18)5-6-12(13)14/h5-7,10,13H,3-4,8-9H2,1-2H3,(H,19,22)(H,20,21). The number of nitrogens with one attached hydrogen (secondary N) is 2. The molecule has 1 aromatic carbocycles. The molecule has 130 valence electrons. The number of esters is 1. The van der Waals surface area contributed by atoms with E-state index in [1.165, 1.54) is 12.1 Å². The molecule has 1 heterocycles.